The van der Waals surface area contributed by atoms with Gasteiger partial charge in [-0.25, -0.2) is 4.79 Å². The number of benzene rings is 1. The standard InChI is InChI=1S/C14H19NO4/c1-17-12-4-3-11(14(16)18-2)7-13(12)19-9-10-5-6-15-8-10/h3-4,7,10,15H,5-6,8-9H2,1-2H3. The molecule has 104 valence electrons. The second-order valence-corrected chi connectivity index (χ2v) is 4.53. The molecule has 0 aliphatic carbocycles. The van der Waals surface area contributed by atoms with Crippen molar-refractivity contribution in [3.05, 3.63) is 23.8 Å². The molecule has 0 bridgehead atoms. The van der Waals surface area contributed by atoms with Gasteiger partial charge in [0.15, 0.2) is 11.5 Å². The summed E-state index contributed by atoms with van der Waals surface area (Å²) in [5.41, 5.74) is 0.461. The Morgan fingerprint density at radius 1 is 1.37 bits per heavy atom. The van der Waals surface area contributed by atoms with E-state index in [0.29, 0.717) is 29.6 Å². The zero-order valence-corrected chi connectivity index (χ0v) is 11.3. The Hall–Kier alpha value is -1.75. The van der Waals surface area contributed by atoms with Crippen LogP contribution in [0, 0.1) is 5.92 Å². The molecule has 1 unspecified atom stereocenters. The molecule has 0 spiro atoms. The molecular formula is C14H19NO4. The quantitative estimate of drug-likeness (QED) is 0.817. The fourth-order valence-corrected chi connectivity index (χ4v) is 2.10. The lowest BCUT2D eigenvalue weighted by Gasteiger charge is -2.14. The first kappa shape index (κ1) is 13.7. The topological polar surface area (TPSA) is 56.8 Å². The summed E-state index contributed by atoms with van der Waals surface area (Å²) in [6, 6.07) is 5.04. The molecule has 1 fully saturated rings. The maximum atomic E-state index is 11.5. The molecule has 5 nitrogen and oxygen atoms in total. The third-order valence-electron chi connectivity index (χ3n) is 3.22. The monoisotopic (exact) mass is 265 g/mol. The van der Waals surface area contributed by atoms with E-state index in [-0.39, 0.29) is 5.97 Å². The number of esters is 1. The summed E-state index contributed by atoms with van der Waals surface area (Å²) in [5.74, 6) is 1.33. The lowest BCUT2D eigenvalue weighted by atomic mass is 10.1. The van der Waals surface area contributed by atoms with Crippen molar-refractivity contribution in [2.45, 2.75) is 6.42 Å². The number of nitrogens with one attached hydrogen (secondary N) is 1. The Morgan fingerprint density at radius 3 is 2.84 bits per heavy atom. The van der Waals surface area contributed by atoms with Gasteiger partial charge in [-0.3, -0.25) is 0 Å². The van der Waals surface area contributed by atoms with E-state index in [4.69, 9.17) is 14.2 Å². The molecule has 1 saturated heterocycles. The summed E-state index contributed by atoms with van der Waals surface area (Å²) in [6.07, 6.45) is 1.11. The molecule has 1 aliphatic rings. The highest BCUT2D eigenvalue weighted by Gasteiger charge is 2.17. The molecule has 5 heteroatoms. The van der Waals surface area contributed by atoms with Crippen LogP contribution in [0.15, 0.2) is 18.2 Å². The Labute approximate surface area is 112 Å². The Morgan fingerprint density at radius 2 is 2.21 bits per heavy atom. The predicted octanol–water partition coefficient (Wildman–Crippen LogP) is 1.47. The molecule has 0 radical (unpaired) electrons. The summed E-state index contributed by atoms with van der Waals surface area (Å²) in [4.78, 5) is 11.5. The lowest BCUT2D eigenvalue weighted by molar-refractivity contribution is 0.0600. The molecule has 1 heterocycles. The van der Waals surface area contributed by atoms with Crippen LogP contribution >= 0.6 is 0 Å². The Kier molecular flexibility index (Phi) is 4.63. The second-order valence-electron chi connectivity index (χ2n) is 4.53. The average Bonchev–Trinajstić information content (AvgIpc) is 2.97. The minimum absolute atomic E-state index is 0.380. The van der Waals surface area contributed by atoms with E-state index in [2.05, 4.69) is 5.32 Å². The minimum atomic E-state index is -0.380. The van der Waals surface area contributed by atoms with E-state index in [9.17, 15) is 4.79 Å². The van der Waals surface area contributed by atoms with Gasteiger partial charge in [0.25, 0.3) is 0 Å². The number of hydrogen-bond acceptors (Lipinski definition) is 5. The highest BCUT2D eigenvalue weighted by molar-refractivity contribution is 5.90. The van der Waals surface area contributed by atoms with Crippen LogP contribution in [-0.2, 0) is 4.74 Å². The molecule has 2 rings (SSSR count). The first-order chi connectivity index (χ1) is 9.24. The van der Waals surface area contributed by atoms with Crippen molar-refractivity contribution in [3.8, 4) is 11.5 Å². The molecule has 0 aromatic heterocycles. The predicted molar refractivity (Wildman–Crippen MR) is 70.8 cm³/mol. The van der Waals surface area contributed by atoms with Gasteiger partial charge in [-0.15, -0.1) is 0 Å². The normalized spacial score (nSPS) is 18.1. The van der Waals surface area contributed by atoms with Gasteiger partial charge in [0.2, 0.25) is 0 Å². The van der Waals surface area contributed by atoms with Crippen LogP contribution in [0.1, 0.15) is 16.8 Å². The number of carbonyl (C=O) groups is 1. The van der Waals surface area contributed by atoms with Crippen LogP contribution in [0.4, 0.5) is 0 Å². The van der Waals surface area contributed by atoms with E-state index in [1.54, 1.807) is 25.3 Å². The highest BCUT2D eigenvalue weighted by Crippen LogP contribution is 2.29. The van der Waals surface area contributed by atoms with Crippen LogP contribution in [0.2, 0.25) is 0 Å². The molecule has 1 atom stereocenters. The summed E-state index contributed by atoms with van der Waals surface area (Å²) < 4.78 is 15.7. The van der Waals surface area contributed by atoms with Gasteiger partial charge in [-0.05, 0) is 31.2 Å². The summed E-state index contributed by atoms with van der Waals surface area (Å²) >= 11 is 0. The largest absolute Gasteiger partial charge is 0.493 e. The zero-order chi connectivity index (χ0) is 13.7. The van der Waals surface area contributed by atoms with Crippen LogP contribution in [0.3, 0.4) is 0 Å². The molecule has 19 heavy (non-hydrogen) atoms. The number of methoxy groups -OCH3 is 2. The first-order valence-electron chi connectivity index (χ1n) is 6.34. The number of hydrogen-bond donors (Lipinski definition) is 1. The average molecular weight is 265 g/mol. The number of ether oxygens (including phenoxy) is 3. The van der Waals surface area contributed by atoms with Crippen LogP contribution in [0.25, 0.3) is 0 Å². The number of rotatable bonds is 5. The van der Waals surface area contributed by atoms with Crippen molar-refractivity contribution in [2.24, 2.45) is 5.92 Å². The molecule has 1 aromatic carbocycles. The van der Waals surface area contributed by atoms with Crippen molar-refractivity contribution in [2.75, 3.05) is 33.9 Å². The Bertz CT molecular complexity index is 441. The fourth-order valence-electron chi connectivity index (χ4n) is 2.10. The Balaban J connectivity index is 2.08. The van der Waals surface area contributed by atoms with Gasteiger partial charge in [0.05, 0.1) is 26.4 Å². The van der Waals surface area contributed by atoms with Crippen molar-refractivity contribution in [1.82, 2.24) is 5.32 Å². The van der Waals surface area contributed by atoms with Crippen molar-refractivity contribution in [3.63, 3.8) is 0 Å². The number of carbonyl (C=O) groups excluding carboxylic acids is 1. The SMILES string of the molecule is COC(=O)c1ccc(OC)c(OCC2CCNC2)c1. The molecule has 1 aliphatic heterocycles. The molecule has 1 aromatic rings. The summed E-state index contributed by atoms with van der Waals surface area (Å²) in [7, 11) is 2.94. The molecule has 1 N–H and O–H groups in total. The zero-order valence-electron chi connectivity index (χ0n) is 11.3. The fraction of sp³-hybridized carbons (Fsp3) is 0.500. The van der Waals surface area contributed by atoms with Gasteiger partial charge >= 0.3 is 5.97 Å². The van der Waals surface area contributed by atoms with E-state index >= 15 is 0 Å². The first-order valence-corrected chi connectivity index (χ1v) is 6.34. The third-order valence-corrected chi connectivity index (χ3v) is 3.22. The van der Waals surface area contributed by atoms with Gasteiger partial charge in [-0.1, -0.05) is 0 Å². The minimum Gasteiger partial charge on any atom is -0.493 e. The van der Waals surface area contributed by atoms with E-state index in [1.165, 1.54) is 7.11 Å². The van der Waals surface area contributed by atoms with E-state index < -0.39 is 0 Å². The van der Waals surface area contributed by atoms with Crippen LogP contribution in [0.5, 0.6) is 11.5 Å². The lowest BCUT2D eigenvalue weighted by Crippen LogP contribution is -2.16. The van der Waals surface area contributed by atoms with Crippen LogP contribution in [-0.4, -0.2) is 39.9 Å². The second kappa shape index (κ2) is 6.43. The van der Waals surface area contributed by atoms with Gasteiger partial charge < -0.3 is 19.5 Å². The van der Waals surface area contributed by atoms with Gasteiger partial charge in [-0.2, -0.15) is 0 Å². The van der Waals surface area contributed by atoms with Gasteiger partial charge in [0, 0.05) is 12.5 Å². The smallest absolute Gasteiger partial charge is 0.337 e. The summed E-state index contributed by atoms with van der Waals surface area (Å²) in [5, 5.41) is 3.29. The third kappa shape index (κ3) is 3.38. The van der Waals surface area contributed by atoms with Crippen LogP contribution < -0.4 is 14.8 Å². The van der Waals surface area contributed by atoms with Crippen molar-refractivity contribution >= 4 is 5.97 Å². The van der Waals surface area contributed by atoms with E-state index in [1.807, 2.05) is 0 Å². The molecule has 0 amide bonds. The van der Waals surface area contributed by atoms with E-state index in [0.717, 1.165) is 19.5 Å². The summed E-state index contributed by atoms with van der Waals surface area (Å²) in [6.45, 7) is 2.63. The maximum Gasteiger partial charge on any atom is 0.337 e. The maximum absolute atomic E-state index is 11.5. The molecule has 0 saturated carbocycles. The van der Waals surface area contributed by atoms with Gasteiger partial charge in [0.1, 0.15) is 0 Å². The van der Waals surface area contributed by atoms with Crippen molar-refractivity contribution < 1.29 is 19.0 Å². The highest BCUT2D eigenvalue weighted by atomic mass is 16.5. The molecular weight excluding hydrogens is 246 g/mol. The van der Waals surface area contributed by atoms with Crippen molar-refractivity contribution in [1.29, 1.82) is 0 Å².